The normalized spacial score (nSPS) is 10.4. The van der Waals surface area contributed by atoms with Gasteiger partial charge < -0.3 is 15.3 Å². The number of carboxylic acids is 1. The average Bonchev–Trinajstić information content (AvgIpc) is 2.28. The molecule has 0 fully saturated rings. The fourth-order valence-electron chi connectivity index (χ4n) is 1.31. The minimum atomic E-state index is -0.926. The van der Waals surface area contributed by atoms with Gasteiger partial charge in [0.25, 0.3) is 0 Å². The molecule has 6 nitrogen and oxygen atoms in total. The van der Waals surface area contributed by atoms with E-state index in [4.69, 9.17) is 5.11 Å². The summed E-state index contributed by atoms with van der Waals surface area (Å²) >= 11 is 0. The van der Waals surface area contributed by atoms with E-state index in [9.17, 15) is 9.59 Å². The summed E-state index contributed by atoms with van der Waals surface area (Å²) in [6.45, 7) is 0.677. The van der Waals surface area contributed by atoms with Crippen LogP contribution < -0.4 is 5.32 Å². The summed E-state index contributed by atoms with van der Waals surface area (Å²) in [5, 5.41) is 11.3. The Hall–Kier alpha value is -1.95. The molecule has 0 aliphatic rings. The van der Waals surface area contributed by atoms with E-state index in [-0.39, 0.29) is 12.3 Å². The summed E-state index contributed by atoms with van der Waals surface area (Å²) in [7, 11) is 3.80. The van der Waals surface area contributed by atoms with Crippen LogP contribution in [0.15, 0.2) is 18.3 Å². The number of pyridine rings is 1. The SMILES string of the molecule is CN(C)CCC(=O)Nc1ccc(CC(=O)O)nc1. The first-order valence-electron chi connectivity index (χ1n) is 5.58. The summed E-state index contributed by atoms with van der Waals surface area (Å²) < 4.78 is 0. The Morgan fingerprint density at radius 3 is 2.61 bits per heavy atom. The number of aromatic nitrogens is 1. The van der Waals surface area contributed by atoms with Crippen LogP contribution in [-0.2, 0) is 16.0 Å². The van der Waals surface area contributed by atoms with E-state index >= 15 is 0 Å². The van der Waals surface area contributed by atoms with Gasteiger partial charge in [-0.05, 0) is 26.2 Å². The van der Waals surface area contributed by atoms with Crippen LogP contribution in [0.4, 0.5) is 5.69 Å². The molecule has 0 saturated carbocycles. The largest absolute Gasteiger partial charge is 0.481 e. The number of nitrogens with zero attached hydrogens (tertiary/aromatic N) is 2. The number of aliphatic carboxylic acids is 1. The maximum Gasteiger partial charge on any atom is 0.309 e. The van der Waals surface area contributed by atoms with Crippen LogP contribution in [0, 0.1) is 0 Å². The van der Waals surface area contributed by atoms with Gasteiger partial charge in [0.2, 0.25) is 5.91 Å². The quantitative estimate of drug-likeness (QED) is 0.773. The summed E-state index contributed by atoms with van der Waals surface area (Å²) in [6.07, 6.45) is 1.75. The van der Waals surface area contributed by atoms with Gasteiger partial charge in [0, 0.05) is 13.0 Å². The van der Waals surface area contributed by atoms with Gasteiger partial charge >= 0.3 is 5.97 Å². The number of hydrogen-bond donors (Lipinski definition) is 2. The fourth-order valence-corrected chi connectivity index (χ4v) is 1.31. The highest BCUT2D eigenvalue weighted by atomic mass is 16.4. The van der Waals surface area contributed by atoms with E-state index < -0.39 is 5.97 Å². The number of nitrogens with one attached hydrogen (secondary N) is 1. The molecule has 0 bridgehead atoms. The van der Waals surface area contributed by atoms with E-state index in [0.29, 0.717) is 24.3 Å². The van der Waals surface area contributed by atoms with Crippen molar-refractivity contribution in [3.8, 4) is 0 Å². The number of hydrogen-bond acceptors (Lipinski definition) is 4. The van der Waals surface area contributed by atoms with Gasteiger partial charge in [-0.25, -0.2) is 0 Å². The first-order valence-corrected chi connectivity index (χ1v) is 5.58. The van der Waals surface area contributed by atoms with Crippen molar-refractivity contribution >= 4 is 17.6 Å². The lowest BCUT2D eigenvalue weighted by atomic mass is 10.2. The third kappa shape index (κ3) is 5.40. The van der Waals surface area contributed by atoms with E-state index in [1.54, 1.807) is 12.1 Å². The predicted octanol–water partition coefficient (Wildman–Crippen LogP) is 0.599. The van der Waals surface area contributed by atoms with E-state index in [1.165, 1.54) is 6.20 Å². The second-order valence-electron chi connectivity index (χ2n) is 4.21. The highest BCUT2D eigenvalue weighted by molar-refractivity contribution is 5.90. The molecule has 0 aliphatic carbocycles. The third-order valence-corrected chi connectivity index (χ3v) is 2.23. The molecule has 0 radical (unpaired) electrons. The monoisotopic (exact) mass is 251 g/mol. The second-order valence-corrected chi connectivity index (χ2v) is 4.21. The van der Waals surface area contributed by atoms with Crippen molar-refractivity contribution in [1.29, 1.82) is 0 Å². The molecule has 0 saturated heterocycles. The van der Waals surface area contributed by atoms with Crippen LogP contribution in [0.3, 0.4) is 0 Å². The molecule has 0 spiro atoms. The Bertz CT molecular complexity index is 415. The fraction of sp³-hybridized carbons (Fsp3) is 0.417. The van der Waals surface area contributed by atoms with Gasteiger partial charge in [-0.1, -0.05) is 0 Å². The van der Waals surface area contributed by atoms with Crippen molar-refractivity contribution in [3.05, 3.63) is 24.0 Å². The zero-order chi connectivity index (χ0) is 13.5. The van der Waals surface area contributed by atoms with Crippen LogP contribution in [0.2, 0.25) is 0 Å². The highest BCUT2D eigenvalue weighted by Gasteiger charge is 2.05. The van der Waals surface area contributed by atoms with Gasteiger partial charge in [0.05, 0.1) is 24.0 Å². The molecule has 2 N–H and O–H groups in total. The molecule has 0 atom stereocenters. The molecule has 1 aromatic heterocycles. The van der Waals surface area contributed by atoms with Crippen molar-refractivity contribution < 1.29 is 14.7 Å². The highest BCUT2D eigenvalue weighted by Crippen LogP contribution is 2.07. The standard InChI is InChI=1S/C12H17N3O3/c1-15(2)6-5-11(16)14-10-4-3-9(13-8-10)7-12(17)18/h3-4,8H,5-7H2,1-2H3,(H,14,16)(H,17,18). The van der Waals surface area contributed by atoms with Crippen LogP contribution in [-0.4, -0.2) is 47.5 Å². The summed E-state index contributed by atoms with van der Waals surface area (Å²) in [5.41, 5.74) is 1.04. The Labute approximate surface area is 106 Å². The lowest BCUT2D eigenvalue weighted by molar-refractivity contribution is -0.136. The summed E-state index contributed by atoms with van der Waals surface area (Å²) in [4.78, 5) is 27.9. The van der Waals surface area contributed by atoms with E-state index in [2.05, 4.69) is 10.3 Å². The summed E-state index contributed by atoms with van der Waals surface area (Å²) in [5.74, 6) is -1.01. The first kappa shape index (κ1) is 14.1. The number of carbonyl (C=O) groups is 2. The Morgan fingerprint density at radius 1 is 1.39 bits per heavy atom. The molecule has 98 valence electrons. The number of rotatable bonds is 6. The van der Waals surface area contributed by atoms with Crippen molar-refractivity contribution in [2.75, 3.05) is 26.0 Å². The molecule has 0 unspecified atom stereocenters. The van der Waals surface area contributed by atoms with Gasteiger partial charge in [0.1, 0.15) is 0 Å². The van der Waals surface area contributed by atoms with Gasteiger partial charge in [0.15, 0.2) is 0 Å². The molecule has 1 rings (SSSR count). The van der Waals surface area contributed by atoms with Crippen molar-refractivity contribution in [2.24, 2.45) is 0 Å². The first-order chi connectivity index (χ1) is 8.47. The smallest absolute Gasteiger partial charge is 0.309 e. The van der Waals surface area contributed by atoms with Gasteiger partial charge in [-0.15, -0.1) is 0 Å². The Kier molecular flexibility index (Phi) is 5.26. The Balaban J connectivity index is 2.48. The second kappa shape index (κ2) is 6.70. The number of carbonyl (C=O) groups excluding carboxylic acids is 1. The zero-order valence-corrected chi connectivity index (χ0v) is 10.5. The van der Waals surface area contributed by atoms with Crippen LogP contribution in [0.1, 0.15) is 12.1 Å². The van der Waals surface area contributed by atoms with Crippen LogP contribution in [0.25, 0.3) is 0 Å². The van der Waals surface area contributed by atoms with Crippen LogP contribution in [0.5, 0.6) is 0 Å². The van der Waals surface area contributed by atoms with E-state index in [0.717, 1.165) is 0 Å². The van der Waals surface area contributed by atoms with Gasteiger partial charge in [-0.2, -0.15) is 0 Å². The zero-order valence-electron chi connectivity index (χ0n) is 10.5. The molecule has 0 aromatic carbocycles. The molecule has 1 heterocycles. The maximum atomic E-state index is 11.5. The third-order valence-electron chi connectivity index (χ3n) is 2.23. The number of carboxylic acid groups (broad SMARTS) is 1. The molecule has 0 aliphatic heterocycles. The van der Waals surface area contributed by atoms with Crippen LogP contribution >= 0.6 is 0 Å². The molecule has 1 amide bonds. The van der Waals surface area contributed by atoms with Crippen molar-refractivity contribution in [3.63, 3.8) is 0 Å². The molecular weight excluding hydrogens is 234 g/mol. The molecule has 6 heteroatoms. The molecule has 1 aromatic rings. The van der Waals surface area contributed by atoms with E-state index in [1.807, 2.05) is 19.0 Å². The van der Waals surface area contributed by atoms with Gasteiger partial charge in [-0.3, -0.25) is 14.6 Å². The number of amides is 1. The summed E-state index contributed by atoms with van der Waals surface area (Å²) in [6, 6.07) is 3.24. The minimum absolute atomic E-state index is 0.0866. The Morgan fingerprint density at radius 2 is 2.11 bits per heavy atom. The van der Waals surface area contributed by atoms with Crippen molar-refractivity contribution in [2.45, 2.75) is 12.8 Å². The lowest BCUT2D eigenvalue weighted by Gasteiger charge is -2.09. The molecular formula is C12H17N3O3. The number of anilines is 1. The molecule has 18 heavy (non-hydrogen) atoms. The maximum absolute atomic E-state index is 11.5. The average molecular weight is 251 g/mol. The van der Waals surface area contributed by atoms with Crippen molar-refractivity contribution in [1.82, 2.24) is 9.88 Å². The minimum Gasteiger partial charge on any atom is -0.481 e. The topological polar surface area (TPSA) is 82.5 Å². The lowest BCUT2D eigenvalue weighted by Crippen LogP contribution is -2.20. The predicted molar refractivity (Wildman–Crippen MR) is 67.4 cm³/mol.